The highest BCUT2D eigenvalue weighted by Crippen LogP contribution is 2.26. The standard InChI is InChI=1S/C13H22N4O/c1-3-17-6-7-18-10(8-17)12(14)11-9(2)4-5-16-13(11)15/h4-5,10,12H,3,6-8,14H2,1-2H3,(H2,15,16). The number of ether oxygens (including phenoxy) is 1. The zero-order valence-corrected chi connectivity index (χ0v) is 11.1. The van der Waals surface area contributed by atoms with Gasteiger partial charge in [-0.05, 0) is 25.1 Å². The summed E-state index contributed by atoms with van der Waals surface area (Å²) in [6.07, 6.45) is 1.70. The maximum absolute atomic E-state index is 6.32. The molecule has 2 atom stereocenters. The Bertz CT molecular complexity index is 390. The lowest BCUT2D eigenvalue weighted by molar-refractivity contribution is -0.0392. The van der Waals surface area contributed by atoms with E-state index in [4.69, 9.17) is 16.2 Å². The van der Waals surface area contributed by atoms with E-state index in [1.807, 2.05) is 13.0 Å². The number of aromatic nitrogens is 1. The zero-order valence-electron chi connectivity index (χ0n) is 11.1. The van der Waals surface area contributed by atoms with Crippen LogP contribution in [0.3, 0.4) is 0 Å². The molecular weight excluding hydrogens is 228 g/mol. The maximum atomic E-state index is 6.32. The summed E-state index contributed by atoms with van der Waals surface area (Å²) in [5, 5.41) is 0. The first-order chi connectivity index (χ1) is 8.63. The highest BCUT2D eigenvalue weighted by atomic mass is 16.5. The van der Waals surface area contributed by atoms with E-state index >= 15 is 0 Å². The van der Waals surface area contributed by atoms with Crippen molar-refractivity contribution in [3.05, 3.63) is 23.4 Å². The summed E-state index contributed by atoms with van der Waals surface area (Å²) in [6.45, 7) is 7.73. The molecule has 0 saturated carbocycles. The monoisotopic (exact) mass is 250 g/mol. The van der Waals surface area contributed by atoms with Crippen LogP contribution in [-0.4, -0.2) is 42.2 Å². The molecule has 1 aliphatic rings. The van der Waals surface area contributed by atoms with E-state index in [2.05, 4.69) is 16.8 Å². The number of morpholine rings is 1. The minimum absolute atomic E-state index is 0.0103. The predicted molar refractivity (Wildman–Crippen MR) is 72.2 cm³/mol. The number of pyridine rings is 1. The molecule has 1 aromatic rings. The molecule has 4 N–H and O–H groups in total. The second-order valence-corrected chi connectivity index (χ2v) is 4.76. The quantitative estimate of drug-likeness (QED) is 0.825. The molecule has 5 nitrogen and oxygen atoms in total. The van der Waals surface area contributed by atoms with E-state index in [0.717, 1.165) is 37.4 Å². The van der Waals surface area contributed by atoms with Crippen LogP contribution in [0.25, 0.3) is 0 Å². The zero-order chi connectivity index (χ0) is 13.1. The Morgan fingerprint density at radius 3 is 3.06 bits per heavy atom. The van der Waals surface area contributed by atoms with E-state index in [1.165, 1.54) is 0 Å². The minimum atomic E-state index is -0.215. The number of nitrogen functional groups attached to an aromatic ring is 1. The van der Waals surface area contributed by atoms with Gasteiger partial charge in [-0.25, -0.2) is 4.98 Å². The van der Waals surface area contributed by atoms with Gasteiger partial charge in [0.2, 0.25) is 0 Å². The molecule has 0 aliphatic carbocycles. The first kappa shape index (κ1) is 13.3. The fraction of sp³-hybridized carbons (Fsp3) is 0.615. The molecule has 2 rings (SSSR count). The average Bonchev–Trinajstić information content (AvgIpc) is 2.38. The first-order valence-corrected chi connectivity index (χ1v) is 6.44. The van der Waals surface area contributed by atoms with E-state index in [9.17, 15) is 0 Å². The highest BCUT2D eigenvalue weighted by Gasteiger charge is 2.28. The summed E-state index contributed by atoms with van der Waals surface area (Å²) in [4.78, 5) is 6.47. The van der Waals surface area contributed by atoms with Gasteiger partial charge in [0.1, 0.15) is 5.82 Å². The molecule has 18 heavy (non-hydrogen) atoms. The summed E-state index contributed by atoms with van der Waals surface area (Å²) < 4.78 is 5.79. The van der Waals surface area contributed by atoms with Gasteiger partial charge in [0, 0.05) is 24.8 Å². The number of nitrogens with zero attached hydrogens (tertiary/aromatic N) is 2. The summed E-state index contributed by atoms with van der Waals surface area (Å²) in [5.74, 6) is 0.514. The van der Waals surface area contributed by atoms with Crippen molar-refractivity contribution in [3.8, 4) is 0 Å². The average molecular weight is 250 g/mol. The van der Waals surface area contributed by atoms with Crippen LogP contribution in [-0.2, 0) is 4.74 Å². The maximum Gasteiger partial charge on any atom is 0.128 e. The molecule has 100 valence electrons. The third-order valence-corrected chi connectivity index (χ3v) is 3.60. The van der Waals surface area contributed by atoms with Gasteiger partial charge in [-0.15, -0.1) is 0 Å². The number of hydrogen-bond donors (Lipinski definition) is 2. The van der Waals surface area contributed by atoms with Crippen molar-refractivity contribution in [2.24, 2.45) is 5.73 Å². The molecule has 1 aromatic heterocycles. The van der Waals surface area contributed by atoms with Crippen LogP contribution >= 0.6 is 0 Å². The summed E-state index contributed by atoms with van der Waals surface area (Å²) in [7, 11) is 0. The molecule has 5 heteroatoms. The molecule has 1 saturated heterocycles. The lowest BCUT2D eigenvalue weighted by Crippen LogP contribution is -2.47. The second-order valence-electron chi connectivity index (χ2n) is 4.76. The summed E-state index contributed by atoms with van der Waals surface area (Å²) >= 11 is 0. The largest absolute Gasteiger partial charge is 0.383 e. The van der Waals surface area contributed by atoms with E-state index in [1.54, 1.807) is 6.20 Å². The van der Waals surface area contributed by atoms with Gasteiger partial charge in [0.05, 0.1) is 18.8 Å². The molecule has 0 aromatic carbocycles. The van der Waals surface area contributed by atoms with Crippen molar-refractivity contribution in [2.75, 3.05) is 32.0 Å². The van der Waals surface area contributed by atoms with E-state index in [0.29, 0.717) is 5.82 Å². The highest BCUT2D eigenvalue weighted by molar-refractivity contribution is 5.46. The SMILES string of the molecule is CCN1CCOC(C(N)c2c(C)ccnc2N)C1. The molecule has 1 fully saturated rings. The van der Waals surface area contributed by atoms with Crippen LogP contribution < -0.4 is 11.5 Å². The minimum Gasteiger partial charge on any atom is -0.383 e. The fourth-order valence-electron chi connectivity index (χ4n) is 2.45. The molecule has 1 aliphatic heterocycles. The van der Waals surface area contributed by atoms with Crippen molar-refractivity contribution in [2.45, 2.75) is 26.0 Å². The number of anilines is 1. The van der Waals surface area contributed by atoms with Gasteiger partial charge in [-0.1, -0.05) is 6.92 Å². The van der Waals surface area contributed by atoms with Crippen LogP contribution in [0.1, 0.15) is 24.1 Å². The van der Waals surface area contributed by atoms with Crippen LogP contribution in [0, 0.1) is 6.92 Å². The van der Waals surface area contributed by atoms with Gasteiger partial charge in [-0.3, -0.25) is 4.90 Å². The van der Waals surface area contributed by atoms with Gasteiger partial charge in [-0.2, -0.15) is 0 Å². The normalized spacial score (nSPS) is 22.9. The number of hydrogen-bond acceptors (Lipinski definition) is 5. The molecule has 0 amide bonds. The van der Waals surface area contributed by atoms with Crippen LogP contribution in [0.5, 0.6) is 0 Å². The van der Waals surface area contributed by atoms with Crippen molar-refractivity contribution < 1.29 is 4.74 Å². The Hall–Kier alpha value is -1.17. The molecule has 2 heterocycles. The number of likely N-dealkylation sites (N-methyl/N-ethyl adjacent to an activating group) is 1. The van der Waals surface area contributed by atoms with Crippen LogP contribution in [0.2, 0.25) is 0 Å². The number of aryl methyl sites for hydroxylation is 1. The fourth-order valence-corrected chi connectivity index (χ4v) is 2.45. The smallest absolute Gasteiger partial charge is 0.128 e. The Morgan fingerprint density at radius 1 is 1.61 bits per heavy atom. The predicted octanol–water partition coefficient (Wildman–Crippen LogP) is 0.693. The van der Waals surface area contributed by atoms with Crippen LogP contribution in [0.15, 0.2) is 12.3 Å². The third-order valence-electron chi connectivity index (χ3n) is 3.60. The number of nitrogens with two attached hydrogens (primary N) is 2. The Balaban J connectivity index is 2.17. The third kappa shape index (κ3) is 2.63. The Kier molecular flexibility index (Phi) is 4.16. The lowest BCUT2D eigenvalue weighted by atomic mass is 9.97. The van der Waals surface area contributed by atoms with Gasteiger partial charge in [0.15, 0.2) is 0 Å². The van der Waals surface area contributed by atoms with Gasteiger partial charge < -0.3 is 16.2 Å². The molecule has 0 spiro atoms. The lowest BCUT2D eigenvalue weighted by Gasteiger charge is -2.35. The van der Waals surface area contributed by atoms with E-state index in [-0.39, 0.29) is 12.1 Å². The Labute approximate surface area is 108 Å². The number of rotatable bonds is 3. The topological polar surface area (TPSA) is 77.4 Å². The summed E-state index contributed by atoms with van der Waals surface area (Å²) in [5.41, 5.74) is 14.2. The first-order valence-electron chi connectivity index (χ1n) is 6.44. The van der Waals surface area contributed by atoms with Crippen molar-refractivity contribution in [1.82, 2.24) is 9.88 Å². The van der Waals surface area contributed by atoms with Gasteiger partial charge >= 0.3 is 0 Å². The molecule has 0 bridgehead atoms. The molecule has 0 radical (unpaired) electrons. The van der Waals surface area contributed by atoms with E-state index < -0.39 is 0 Å². The van der Waals surface area contributed by atoms with Crippen molar-refractivity contribution in [1.29, 1.82) is 0 Å². The van der Waals surface area contributed by atoms with Crippen molar-refractivity contribution >= 4 is 5.82 Å². The summed E-state index contributed by atoms with van der Waals surface area (Å²) in [6, 6.07) is 1.72. The molecular formula is C13H22N4O. The second kappa shape index (κ2) is 5.65. The molecule has 2 unspecified atom stereocenters. The van der Waals surface area contributed by atoms with Gasteiger partial charge in [0.25, 0.3) is 0 Å². The van der Waals surface area contributed by atoms with Crippen LogP contribution in [0.4, 0.5) is 5.82 Å². The van der Waals surface area contributed by atoms with Crippen molar-refractivity contribution in [3.63, 3.8) is 0 Å². The Morgan fingerprint density at radius 2 is 2.39 bits per heavy atom.